The second-order valence-electron chi connectivity index (χ2n) is 3.73. The molecule has 1 nitrogen and oxygen atoms in total. The molecule has 0 saturated heterocycles. The minimum absolute atomic E-state index is 0.431. The van der Waals surface area contributed by atoms with Crippen LogP contribution in [-0.2, 0) is 0 Å². The molecule has 0 spiro atoms. The minimum atomic E-state index is 0.431. The van der Waals surface area contributed by atoms with Gasteiger partial charge in [0, 0.05) is 5.28 Å². The van der Waals surface area contributed by atoms with Crippen LogP contribution in [0.15, 0.2) is 0 Å². The first kappa shape index (κ1) is 7.06. The Kier molecular flexibility index (Phi) is 1.54. The summed E-state index contributed by atoms with van der Waals surface area (Å²) in [5, 5.41) is 3.90. The van der Waals surface area contributed by atoms with Gasteiger partial charge < -0.3 is 5.32 Å². The zero-order chi connectivity index (χ0) is 7.19. The molecule has 0 bridgehead atoms. The highest BCUT2D eigenvalue weighted by Crippen LogP contribution is 2.55. The lowest BCUT2D eigenvalue weighted by atomic mass is 10.1. The van der Waals surface area contributed by atoms with E-state index in [4.69, 9.17) is 0 Å². The van der Waals surface area contributed by atoms with Crippen molar-refractivity contribution in [1.82, 2.24) is 5.32 Å². The normalized spacial score (nSPS) is 27.0. The van der Waals surface area contributed by atoms with Crippen LogP contribution in [0.3, 0.4) is 0 Å². The van der Waals surface area contributed by atoms with Gasteiger partial charge in [-0.05, 0) is 44.6 Å². The Bertz CT molecular complexity index is 126. The molecule has 58 valence electrons. The molecule has 0 aromatic heterocycles. The van der Waals surface area contributed by atoms with Gasteiger partial charge in [-0.25, -0.2) is 0 Å². The van der Waals surface area contributed by atoms with Gasteiger partial charge in [-0.2, -0.15) is 0 Å². The van der Waals surface area contributed by atoms with Crippen molar-refractivity contribution < 1.29 is 0 Å². The minimum Gasteiger partial charge on any atom is -0.311 e. The Hall–Kier alpha value is 0.390. The topological polar surface area (TPSA) is 12.0 Å². The summed E-state index contributed by atoms with van der Waals surface area (Å²) in [7, 11) is 5.14. The molecule has 2 heteroatoms. The van der Waals surface area contributed by atoms with Crippen LogP contribution in [0.4, 0.5) is 0 Å². The Morgan fingerprint density at radius 2 is 1.60 bits per heavy atom. The largest absolute Gasteiger partial charge is 0.311 e. The van der Waals surface area contributed by atoms with E-state index in [0.29, 0.717) is 5.28 Å². The van der Waals surface area contributed by atoms with E-state index in [1.165, 1.54) is 25.7 Å². The highest BCUT2D eigenvalue weighted by Gasteiger charge is 2.50. The van der Waals surface area contributed by atoms with Crippen LogP contribution in [0.5, 0.6) is 0 Å². The van der Waals surface area contributed by atoms with Crippen molar-refractivity contribution in [1.29, 1.82) is 0 Å². The fraction of sp³-hybridized carbons (Fsp3) is 1.00. The average Bonchev–Trinajstić information content (AvgIpc) is 2.73. The third-order valence-corrected chi connectivity index (χ3v) is 4.17. The van der Waals surface area contributed by atoms with Crippen molar-refractivity contribution >= 4 is 9.24 Å². The highest BCUT2D eigenvalue weighted by atomic mass is 31.0. The van der Waals surface area contributed by atoms with Gasteiger partial charge in [-0.3, -0.25) is 0 Å². The van der Waals surface area contributed by atoms with Gasteiger partial charge in [-0.15, -0.1) is 9.24 Å². The summed E-state index contributed by atoms with van der Waals surface area (Å²) in [5.74, 6) is 1.94. The third-order valence-electron chi connectivity index (χ3n) is 2.94. The van der Waals surface area contributed by atoms with Gasteiger partial charge in [0.1, 0.15) is 0 Å². The van der Waals surface area contributed by atoms with Crippen LogP contribution in [0.25, 0.3) is 0 Å². The molecule has 1 unspecified atom stereocenters. The van der Waals surface area contributed by atoms with E-state index in [9.17, 15) is 0 Å². The summed E-state index contributed by atoms with van der Waals surface area (Å²) in [5.41, 5.74) is 0. The molecule has 1 N–H and O–H groups in total. The number of hydrogen-bond acceptors (Lipinski definition) is 1. The van der Waals surface area contributed by atoms with Gasteiger partial charge in [0.15, 0.2) is 0 Å². The van der Waals surface area contributed by atoms with Crippen LogP contribution in [0.1, 0.15) is 25.7 Å². The first-order valence-electron chi connectivity index (χ1n) is 4.25. The summed E-state index contributed by atoms with van der Waals surface area (Å²) in [6.45, 7) is 0. The van der Waals surface area contributed by atoms with Gasteiger partial charge in [0.2, 0.25) is 0 Å². The maximum Gasteiger partial charge on any atom is 0.0377 e. The summed E-state index contributed by atoms with van der Waals surface area (Å²) in [6.07, 6.45) is 5.78. The van der Waals surface area contributed by atoms with E-state index in [1.807, 2.05) is 0 Å². The Labute approximate surface area is 65.2 Å². The molecule has 10 heavy (non-hydrogen) atoms. The molecule has 0 heterocycles. The van der Waals surface area contributed by atoms with Crippen molar-refractivity contribution in [2.24, 2.45) is 11.8 Å². The van der Waals surface area contributed by atoms with Crippen molar-refractivity contribution in [3.05, 3.63) is 0 Å². The third kappa shape index (κ3) is 1.00. The fourth-order valence-electron chi connectivity index (χ4n) is 1.86. The Morgan fingerprint density at radius 3 is 1.80 bits per heavy atom. The first-order valence-corrected chi connectivity index (χ1v) is 4.83. The zero-order valence-corrected chi connectivity index (χ0v) is 7.72. The summed E-state index contributed by atoms with van der Waals surface area (Å²) >= 11 is 0. The number of hydrogen-bond donors (Lipinski definition) is 1. The van der Waals surface area contributed by atoms with E-state index in [0.717, 1.165) is 11.8 Å². The molecular weight excluding hydrogens is 141 g/mol. The number of nitrogens with one attached hydrogen (secondary N) is 1. The summed E-state index contributed by atoms with van der Waals surface area (Å²) in [6, 6.07) is 0. The van der Waals surface area contributed by atoms with Crippen molar-refractivity contribution in [3.63, 3.8) is 0 Å². The standard InChI is InChI=1S/C8H16NP/c1-9-8(10,6-2-3-6)7-4-5-7/h6-7,9H,2-5,10H2,1H3. The molecule has 1 atom stereocenters. The first-order chi connectivity index (χ1) is 4.77. The molecule has 2 fully saturated rings. The van der Waals surface area contributed by atoms with E-state index < -0.39 is 0 Å². The summed E-state index contributed by atoms with van der Waals surface area (Å²) in [4.78, 5) is 0. The molecule has 0 aliphatic heterocycles. The smallest absolute Gasteiger partial charge is 0.0377 e. The lowest BCUT2D eigenvalue weighted by Crippen LogP contribution is -2.40. The van der Waals surface area contributed by atoms with Crippen LogP contribution >= 0.6 is 9.24 Å². The predicted molar refractivity (Wildman–Crippen MR) is 46.9 cm³/mol. The van der Waals surface area contributed by atoms with E-state index in [2.05, 4.69) is 21.6 Å². The van der Waals surface area contributed by atoms with Gasteiger partial charge in [0.25, 0.3) is 0 Å². The van der Waals surface area contributed by atoms with Crippen LogP contribution in [0, 0.1) is 11.8 Å². The molecule has 0 radical (unpaired) electrons. The SMILES string of the molecule is CNC(P)(C1CC1)C1CC1. The van der Waals surface area contributed by atoms with Crippen molar-refractivity contribution in [3.8, 4) is 0 Å². The lowest BCUT2D eigenvalue weighted by molar-refractivity contribution is 0.400. The van der Waals surface area contributed by atoms with Gasteiger partial charge in [-0.1, -0.05) is 0 Å². The second-order valence-corrected chi connectivity index (χ2v) is 4.69. The van der Waals surface area contributed by atoms with E-state index in [-0.39, 0.29) is 0 Å². The number of rotatable bonds is 3. The zero-order valence-electron chi connectivity index (χ0n) is 6.56. The molecule has 0 aromatic carbocycles. The Balaban J connectivity index is 2.03. The second kappa shape index (κ2) is 2.19. The quantitative estimate of drug-likeness (QED) is 0.613. The molecule has 2 saturated carbocycles. The molecule has 2 aliphatic carbocycles. The Morgan fingerprint density at radius 1 is 1.20 bits per heavy atom. The lowest BCUT2D eigenvalue weighted by Gasteiger charge is -2.29. The van der Waals surface area contributed by atoms with Gasteiger partial charge >= 0.3 is 0 Å². The summed E-state index contributed by atoms with van der Waals surface area (Å²) < 4.78 is 0. The molecule has 0 amide bonds. The predicted octanol–water partition coefficient (Wildman–Crippen LogP) is 1.60. The molecular formula is C8H16NP. The van der Waals surface area contributed by atoms with E-state index >= 15 is 0 Å². The maximum atomic E-state index is 3.47. The average molecular weight is 157 g/mol. The van der Waals surface area contributed by atoms with Crippen LogP contribution < -0.4 is 5.32 Å². The molecule has 2 aliphatic rings. The van der Waals surface area contributed by atoms with Crippen LogP contribution in [0.2, 0.25) is 0 Å². The molecule has 2 rings (SSSR count). The van der Waals surface area contributed by atoms with Crippen molar-refractivity contribution in [2.75, 3.05) is 7.05 Å². The van der Waals surface area contributed by atoms with E-state index in [1.54, 1.807) is 0 Å². The van der Waals surface area contributed by atoms with Crippen LogP contribution in [-0.4, -0.2) is 12.3 Å². The fourth-order valence-corrected chi connectivity index (χ4v) is 2.53. The van der Waals surface area contributed by atoms with Crippen molar-refractivity contribution in [2.45, 2.75) is 31.0 Å². The maximum absolute atomic E-state index is 3.47. The molecule has 0 aromatic rings. The van der Waals surface area contributed by atoms with Gasteiger partial charge in [0.05, 0.1) is 0 Å². The highest BCUT2D eigenvalue weighted by molar-refractivity contribution is 7.19. The monoisotopic (exact) mass is 157 g/mol.